The molecule has 0 saturated carbocycles. The van der Waals surface area contributed by atoms with E-state index in [1.165, 1.54) is 0 Å². The summed E-state index contributed by atoms with van der Waals surface area (Å²) in [5.41, 5.74) is 5.55. The van der Waals surface area contributed by atoms with Gasteiger partial charge >= 0.3 is 0 Å². The number of hydrogen-bond acceptors (Lipinski definition) is 5. The summed E-state index contributed by atoms with van der Waals surface area (Å²) in [4.78, 5) is 16.4. The molecule has 2 aliphatic rings. The van der Waals surface area contributed by atoms with Gasteiger partial charge in [0.05, 0.1) is 17.4 Å². The molecule has 0 aliphatic carbocycles. The van der Waals surface area contributed by atoms with Crippen LogP contribution in [0.2, 0.25) is 0 Å². The lowest BCUT2D eigenvalue weighted by atomic mass is 10.1. The van der Waals surface area contributed by atoms with Crippen LogP contribution in [0.3, 0.4) is 0 Å². The molecule has 7 heteroatoms. The fourth-order valence-corrected chi connectivity index (χ4v) is 4.58. The van der Waals surface area contributed by atoms with E-state index in [1.54, 1.807) is 0 Å². The molecule has 2 fully saturated rings. The molecule has 0 aromatic carbocycles. The van der Waals surface area contributed by atoms with E-state index in [1.807, 2.05) is 4.90 Å². The fourth-order valence-electron chi connectivity index (χ4n) is 2.85. The van der Waals surface area contributed by atoms with Gasteiger partial charge in [0.1, 0.15) is 0 Å². The standard InChI is InChI=1S/C12H23N3O3S/c13-3-6-14-4-1-5-15(8-7-14)12(16)11-2-9-19(17,18)10-11/h11H,1-10,13H2. The second-order valence-corrected chi connectivity index (χ2v) is 7.64. The Hall–Kier alpha value is -0.660. The highest BCUT2D eigenvalue weighted by Crippen LogP contribution is 2.21. The van der Waals surface area contributed by atoms with Crippen LogP contribution in [0, 0.1) is 5.92 Å². The fraction of sp³-hybridized carbons (Fsp3) is 0.917. The van der Waals surface area contributed by atoms with E-state index in [-0.39, 0.29) is 23.3 Å². The molecule has 1 unspecified atom stereocenters. The van der Waals surface area contributed by atoms with Gasteiger partial charge in [0.15, 0.2) is 9.84 Å². The number of amides is 1. The summed E-state index contributed by atoms with van der Waals surface area (Å²) < 4.78 is 22.9. The van der Waals surface area contributed by atoms with Crippen LogP contribution in [0.15, 0.2) is 0 Å². The lowest BCUT2D eigenvalue weighted by Crippen LogP contribution is -2.40. The smallest absolute Gasteiger partial charge is 0.226 e. The molecule has 2 saturated heterocycles. The summed E-state index contributed by atoms with van der Waals surface area (Å²) in [5, 5.41) is 0. The van der Waals surface area contributed by atoms with Crippen molar-refractivity contribution in [2.45, 2.75) is 12.8 Å². The van der Waals surface area contributed by atoms with Gasteiger partial charge in [-0.05, 0) is 19.4 Å². The third-order valence-electron chi connectivity index (χ3n) is 3.93. The van der Waals surface area contributed by atoms with Crippen LogP contribution in [-0.2, 0) is 14.6 Å². The van der Waals surface area contributed by atoms with Crippen LogP contribution in [-0.4, -0.2) is 74.9 Å². The molecule has 19 heavy (non-hydrogen) atoms. The first-order valence-electron chi connectivity index (χ1n) is 6.93. The normalized spacial score (nSPS) is 28.3. The monoisotopic (exact) mass is 289 g/mol. The topological polar surface area (TPSA) is 83.7 Å². The second-order valence-electron chi connectivity index (χ2n) is 5.41. The molecule has 0 aromatic rings. The van der Waals surface area contributed by atoms with Crippen LogP contribution in [0.1, 0.15) is 12.8 Å². The average molecular weight is 289 g/mol. The molecule has 2 aliphatic heterocycles. The third kappa shape index (κ3) is 3.90. The zero-order chi connectivity index (χ0) is 13.9. The number of carbonyl (C=O) groups is 1. The van der Waals surface area contributed by atoms with Crippen LogP contribution >= 0.6 is 0 Å². The zero-order valence-corrected chi connectivity index (χ0v) is 12.1. The molecule has 2 heterocycles. The highest BCUT2D eigenvalue weighted by molar-refractivity contribution is 7.91. The molecule has 0 spiro atoms. The number of nitrogens with zero attached hydrogens (tertiary/aromatic N) is 2. The minimum absolute atomic E-state index is 0.0238. The van der Waals surface area contributed by atoms with E-state index in [4.69, 9.17) is 5.73 Å². The molecule has 0 aromatic heterocycles. The van der Waals surface area contributed by atoms with Crippen LogP contribution < -0.4 is 5.73 Å². The lowest BCUT2D eigenvalue weighted by Gasteiger charge is -2.24. The summed E-state index contributed by atoms with van der Waals surface area (Å²) in [6, 6.07) is 0. The van der Waals surface area contributed by atoms with Crippen molar-refractivity contribution in [1.29, 1.82) is 0 Å². The summed E-state index contributed by atoms with van der Waals surface area (Å²) in [5.74, 6) is -0.0903. The summed E-state index contributed by atoms with van der Waals surface area (Å²) >= 11 is 0. The van der Waals surface area contributed by atoms with Crippen LogP contribution in [0.5, 0.6) is 0 Å². The average Bonchev–Trinajstić information content (AvgIpc) is 2.59. The number of rotatable bonds is 3. The predicted molar refractivity (Wildman–Crippen MR) is 73.5 cm³/mol. The van der Waals surface area contributed by atoms with Gasteiger partial charge in [0.25, 0.3) is 0 Å². The summed E-state index contributed by atoms with van der Waals surface area (Å²) in [7, 11) is -2.98. The van der Waals surface area contributed by atoms with Crippen molar-refractivity contribution in [2.24, 2.45) is 11.7 Å². The molecule has 110 valence electrons. The molecular formula is C12H23N3O3S. The van der Waals surface area contributed by atoms with Gasteiger partial charge in [-0.15, -0.1) is 0 Å². The van der Waals surface area contributed by atoms with E-state index in [0.717, 1.165) is 32.6 Å². The van der Waals surface area contributed by atoms with Crippen molar-refractivity contribution >= 4 is 15.7 Å². The van der Waals surface area contributed by atoms with Crippen LogP contribution in [0.25, 0.3) is 0 Å². The Morgan fingerprint density at radius 1 is 1.21 bits per heavy atom. The first-order chi connectivity index (χ1) is 9.02. The Bertz CT molecular complexity index is 424. The molecule has 0 bridgehead atoms. The van der Waals surface area contributed by atoms with Gasteiger partial charge in [0, 0.05) is 32.7 Å². The number of nitrogens with two attached hydrogens (primary N) is 1. The first kappa shape index (κ1) is 14.7. The maximum atomic E-state index is 12.3. The first-order valence-corrected chi connectivity index (χ1v) is 8.75. The van der Waals surface area contributed by atoms with E-state index in [0.29, 0.717) is 19.5 Å². The van der Waals surface area contributed by atoms with E-state index in [2.05, 4.69) is 4.90 Å². The third-order valence-corrected chi connectivity index (χ3v) is 5.70. The molecule has 1 amide bonds. The molecule has 2 rings (SSSR count). The zero-order valence-electron chi connectivity index (χ0n) is 11.3. The Kier molecular flexibility index (Phi) is 4.81. The Morgan fingerprint density at radius 3 is 2.63 bits per heavy atom. The van der Waals surface area contributed by atoms with E-state index in [9.17, 15) is 13.2 Å². The van der Waals surface area contributed by atoms with E-state index >= 15 is 0 Å². The van der Waals surface area contributed by atoms with Gasteiger partial charge in [0.2, 0.25) is 5.91 Å². The molecule has 1 atom stereocenters. The van der Waals surface area contributed by atoms with Crippen molar-refractivity contribution in [1.82, 2.24) is 9.80 Å². The second kappa shape index (κ2) is 6.19. The highest BCUT2D eigenvalue weighted by Gasteiger charge is 2.35. The van der Waals surface area contributed by atoms with E-state index < -0.39 is 9.84 Å². The number of carbonyl (C=O) groups excluding carboxylic acids is 1. The molecule has 0 radical (unpaired) electrons. The number of hydrogen-bond donors (Lipinski definition) is 1. The Balaban J connectivity index is 1.90. The van der Waals surface area contributed by atoms with Gasteiger partial charge in [-0.1, -0.05) is 0 Å². The largest absolute Gasteiger partial charge is 0.341 e. The van der Waals surface area contributed by atoms with Gasteiger partial charge in [-0.3, -0.25) is 4.79 Å². The minimum atomic E-state index is -2.98. The van der Waals surface area contributed by atoms with Crippen molar-refractivity contribution in [2.75, 3.05) is 50.8 Å². The Labute approximate surface area is 114 Å². The lowest BCUT2D eigenvalue weighted by molar-refractivity contribution is -0.134. The van der Waals surface area contributed by atoms with Gasteiger partial charge in [-0.2, -0.15) is 0 Å². The maximum absolute atomic E-state index is 12.3. The quantitative estimate of drug-likeness (QED) is 0.714. The Morgan fingerprint density at radius 2 is 2.00 bits per heavy atom. The SMILES string of the molecule is NCCN1CCCN(C(=O)C2CCS(=O)(=O)C2)CC1. The summed E-state index contributed by atoms with van der Waals surface area (Å²) in [6.45, 7) is 4.72. The van der Waals surface area contributed by atoms with Crippen molar-refractivity contribution in [3.8, 4) is 0 Å². The minimum Gasteiger partial charge on any atom is -0.341 e. The number of sulfone groups is 1. The summed E-state index contributed by atoms with van der Waals surface area (Å²) in [6.07, 6.45) is 1.43. The van der Waals surface area contributed by atoms with Crippen molar-refractivity contribution < 1.29 is 13.2 Å². The van der Waals surface area contributed by atoms with Gasteiger partial charge in [-0.25, -0.2) is 8.42 Å². The van der Waals surface area contributed by atoms with Crippen molar-refractivity contribution in [3.05, 3.63) is 0 Å². The molecular weight excluding hydrogens is 266 g/mol. The predicted octanol–water partition coefficient (Wildman–Crippen LogP) is -1.09. The van der Waals surface area contributed by atoms with Gasteiger partial charge < -0.3 is 15.5 Å². The highest BCUT2D eigenvalue weighted by atomic mass is 32.2. The molecule has 6 nitrogen and oxygen atoms in total. The maximum Gasteiger partial charge on any atom is 0.226 e. The van der Waals surface area contributed by atoms with Crippen LogP contribution in [0.4, 0.5) is 0 Å². The van der Waals surface area contributed by atoms with Crippen molar-refractivity contribution in [3.63, 3.8) is 0 Å². The molecule has 2 N–H and O–H groups in total.